The number of nitrogens with one attached hydrogen (secondary N) is 1. The van der Waals surface area contributed by atoms with Crippen molar-refractivity contribution in [1.82, 2.24) is 5.32 Å². The first-order valence-corrected chi connectivity index (χ1v) is 7.20. The molecule has 0 saturated carbocycles. The Morgan fingerprint density at radius 3 is 2.14 bits per heavy atom. The fourth-order valence-electron chi connectivity index (χ4n) is 2.74. The summed E-state index contributed by atoms with van der Waals surface area (Å²) in [6.07, 6.45) is 0. The first-order valence-electron chi connectivity index (χ1n) is 7.20. The Balaban J connectivity index is 2.62. The number of halogens is 2. The van der Waals surface area contributed by atoms with Crippen LogP contribution in [0.2, 0.25) is 0 Å². The third kappa shape index (κ3) is 3.13. The Morgan fingerprint density at radius 1 is 0.952 bits per heavy atom. The van der Waals surface area contributed by atoms with Gasteiger partial charge in [-0.15, -0.1) is 0 Å². The third-order valence-corrected chi connectivity index (χ3v) is 3.83. The molecule has 1 N–H and O–H groups in total. The van der Waals surface area contributed by atoms with E-state index in [9.17, 15) is 8.78 Å². The normalized spacial score (nSPS) is 12.5. The smallest absolute Gasteiger partial charge is 0.128 e. The minimum Gasteiger partial charge on any atom is -0.306 e. The summed E-state index contributed by atoms with van der Waals surface area (Å²) < 4.78 is 28.2. The first kappa shape index (κ1) is 15.6. The molecule has 0 aliphatic heterocycles. The Labute approximate surface area is 125 Å². The average Bonchev–Trinajstić information content (AvgIpc) is 2.42. The summed E-state index contributed by atoms with van der Waals surface area (Å²) in [7, 11) is 0. The van der Waals surface area contributed by atoms with E-state index in [1.165, 1.54) is 12.1 Å². The van der Waals surface area contributed by atoms with Gasteiger partial charge in [-0.05, 0) is 61.7 Å². The highest BCUT2D eigenvalue weighted by atomic mass is 19.1. The second-order valence-corrected chi connectivity index (χ2v) is 5.42. The van der Waals surface area contributed by atoms with Gasteiger partial charge >= 0.3 is 0 Å². The van der Waals surface area contributed by atoms with Crippen molar-refractivity contribution >= 4 is 0 Å². The largest absolute Gasteiger partial charge is 0.306 e. The lowest BCUT2D eigenvalue weighted by molar-refractivity contribution is 0.539. The van der Waals surface area contributed by atoms with Crippen LogP contribution in [-0.2, 0) is 0 Å². The predicted molar refractivity (Wildman–Crippen MR) is 82.5 cm³/mol. The van der Waals surface area contributed by atoms with Crippen molar-refractivity contribution in [3.05, 3.63) is 69.8 Å². The van der Waals surface area contributed by atoms with E-state index < -0.39 is 0 Å². The first-order chi connectivity index (χ1) is 9.95. The second kappa shape index (κ2) is 6.35. The molecule has 0 fully saturated rings. The molecule has 0 bridgehead atoms. The van der Waals surface area contributed by atoms with Crippen molar-refractivity contribution in [3.63, 3.8) is 0 Å². The van der Waals surface area contributed by atoms with Gasteiger partial charge in [0.05, 0.1) is 6.04 Å². The summed E-state index contributed by atoms with van der Waals surface area (Å²) in [6.45, 7) is 8.20. The molecular formula is C18H21F2N. The lowest BCUT2D eigenvalue weighted by Crippen LogP contribution is -2.25. The maximum Gasteiger partial charge on any atom is 0.128 e. The summed E-state index contributed by atoms with van der Waals surface area (Å²) in [5.41, 5.74) is 3.84. The summed E-state index contributed by atoms with van der Waals surface area (Å²) in [5.74, 6) is -0.747. The van der Waals surface area contributed by atoms with E-state index >= 15 is 0 Å². The number of rotatable bonds is 4. The van der Waals surface area contributed by atoms with Crippen LogP contribution in [-0.4, -0.2) is 6.54 Å². The minimum absolute atomic E-state index is 0.327. The van der Waals surface area contributed by atoms with E-state index in [1.807, 2.05) is 39.0 Å². The number of hydrogen-bond acceptors (Lipinski definition) is 1. The summed E-state index contributed by atoms with van der Waals surface area (Å²) in [4.78, 5) is 0. The van der Waals surface area contributed by atoms with Crippen LogP contribution in [0, 0.1) is 32.4 Å². The van der Waals surface area contributed by atoms with E-state index in [4.69, 9.17) is 0 Å². The molecule has 3 heteroatoms. The fraction of sp³-hybridized carbons (Fsp3) is 0.333. The van der Waals surface area contributed by atoms with E-state index in [2.05, 4.69) is 5.32 Å². The van der Waals surface area contributed by atoms with Crippen molar-refractivity contribution in [2.24, 2.45) is 0 Å². The maximum atomic E-state index is 14.3. The predicted octanol–water partition coefficient (Wildman–Crippen LogP) is 4.59. The van der Waals surface area contributed by atoms with Crippen LogP contribution in [0.4, 0.5) is 8.78 Å². The topological polar surface area (TPSA) is 12.0 Å². The minimum atomic E-state index is -0.374. The van der Waals surface area contributed by atoms with Gasteiger partial charge in [-0.2, -0.15) is 0 Å². The van der Waals surface area contributed by atoms with E-state index in [0.29, 0.717) is 17.7 Å². The molecule has 0 aliphatic carbocycles. The van der Waals surface area contributed by atoms with Gasteiger partial charge in [-0.25, -0.2) is 8.78 Å². The van der Waals surface area contributed by atoms with E-state index in [0.717, 1.165) is 16.7 Å². The van der Waals surface area contributed by atoms with Crippen LogP contribution < -0.4 is 5.32 Å². The van der Waals surface area contributed by atoms with Gasteiger partial charge in [0.1, 0.15) is 11.6 Å². The van der Waals surface area contributed by atoms with E-state index in [-0.39, 0.29) is 17.7 Å². The van der Waals surface area contributed by atoms with Crippen molar-refractivity contribution in [1.29, 1.82) is 0 Å². The zero-order valence-electron chi connectivity index (χ0n) is 12.9. The van der Waals surface area contributed by atoms with Crippen molar-refractivity contribution in [2.75, 3.05) is 6.54 Å². The van der Waals surface area contributed by atoms with Crippen LogP contribution in [0.5, 0.6) is 0 Å². The number of aryl methyl sites for hydroxylation is 3. The molecule has 2 aromatic carbocycles. The molecule has 2 rings (SSSR count). The van der Waals surface area contributed by atoms with Crippen LogP contribution in [0.25, 0.3) is 0 Å². The van der Waals surface area contributed by atoms with Gasteiger partial charge in [0, 0.05) is 5.56 Å². The van der Waals surface area contributed by atoms with Gasteiger partial charge in [-0.3, -0.25) is 0 Å². The summed E-state index contributed by atoms with van der Waals surface area (Å²) >= 11 is 0. The third-order valence-electron chi connectivity index (χ3n) is 3.83. The zero-order chi connectivity index (χ0) is 15.6. The van der Waals surface area contributed by atoms with Gasteiger partial charge in [-0.1, -0.05) is 25.1 Å². The average molecular weight is 289 g/mol. The Bertz CT molecular complexity index is 630. The second-order valence-electron chi connectivity index (χ2n) is 5.42. The summed E-state index contributed by atoms with van der Waals surface area (Å²) in [5, 5.41) is 3.28. The summed E-state index contributed by atoms with van der Waals surface area (Å²) in [6, 6.07) is 8.20. The fourth-order valence-corrected chi connectivity index (χ4v) is 2.74. The molecule has 0 saturated heterocycles. The van der Waals surface area contributed by atoms with Crippen molar-refractivity contribution < 1.29 is 8.78 Å². The Kier molecular flexibility index (Phi) is 4.73. The molecule has 0 heterocycles. The highest BCUT2D eigenvalue weighted by molar-refractivity contribution is 5.43. The van der Waals surface area contributed by atoms with Crippen molar-refractivity contribution in [3.8, 4) is 0 Å². The molecule has 0 aromatic heterocycles. The quantitative estimate of drug-likeness (QED) is 0.868. The molecule has 0 aliphatic rings. The Morgan fingerprint density at radius 2 is 1.57 bits per heavy atom. The van der Waals surface area contributed by atoms with Crippen LogP contribution in [0.1, 0.15) is 40.8 Å². The molecule has 1 unspecified atom stereocenters. The van der Waals surface area contributed by atoms with Gasteiger partial charge in [0.15, 0.2) is 0 Å². The molecule has 2 aromatic rings. The number of benzene rings is 2. The SMILES string of the molecule is CCNC(c1cc(F)c(C)cc1F)c1c(C)cccc1C. The van der Waals surface area contributed by atoms with Crippen LogP contribution in [0.3, 0.4) is 0 Å². The molecule has 0 radical (unpaired) electrons. The molecule has 112 valence electrons. The maximum absolute atomic E-state index is 14.3. The Hall–Kier alpha value is -1.74. The van der Waals surface area contributed by atoms with E-state index in [1.54, 1.807) is 6.92 Å². The molecule has 1 atom stereocenters. The van der Waals surface area contributed by atoms with Crippen LogP contribution >= 0.6 is 0 Å². The van der Waals surface area contributed by atoms with Gasteiger partial charge in [0.25, 0.3) is 0 Å². The number of hydrogen-bond donors (Lipinski definition) is 1. The molecule has 0 spiro atoms. The van der Waals surface area contributed by atoms with Crippen LogP contribution in [0.15, 0.2) is 30.3 Å². The zero-order valence-corrected chi connectivity index (χ0v) is 12.9. The van der Waals surface area contributed by atoms with Gasteiger partial charge in [0.2, 0.25) is 0 Å². The molecule has 1 nitrogen and oxygen atoms in total. The molecular weight excluding hydrogens is 268 g/mol. The highest BCUT2D eigenvalue weighted by Gasteiger charge is 2.21. The van der Waals surface area contributed by atoms with Gasteiger partial charge < -0.3 is 5.32 Å². The highest BCUT2D eigenvalue weighted by Crippen LogP contribution is 2.30. The molecule has 0 amide bonds. The lowest BCUT2D eigenvalue weighted by Gasteiger charge is -2.24. The molecule has 21 heavy (non-hydrogen) atoms. The lowest BCUT2D eigenvalue weighted by atomic mass is 9.90. The monoisotopic (exact) mass is 289 g/mol. The van der Waals surface area contributed by atoms with Crippen molar-refractivity contribution in [2.45, 2.75) is 33.7 Å². The standard InChI is InChI=1S/C18H21F2N/c1-5-21-18(17-11(2)7-6-8-12(17)3)14-10-15(19)13(4)9-16(14)20/h6-10,18,21H,5H2,1-4H3.